The molecule has 0 saturated heterocycles. The van der Waals surface area contributed by atoms with E-state index in [0.29, 0.717) is 36.0 Å². The number of aryl methyl sites for hydroxylation is 2. The Labute approximate surface area is 159 Å². The van der Waals surface area contributed by atoms with Gasteiger partial charge in [-0.2, -0.15) is 0 Å². The standard InChI is InChI=1S/C22H25NO4/c1-14(16-8-7-15-5-3-4-6-17(15)11-16)23-22(24)18-12-19(25-2)21-20(13-18)26-9-10-27-21/h7-8,11-14H,3-6,9-10H2,1-2H3,(H,23,24). The van der Waals surface area contributed by atoms with E-state index in [-0.39, 0.29) is 11.9 Å². The van der Waals surface area contributed by atoms with Crippen LogP contribution < -0.4 is 19.5 Å². The van der Waals surface area contributed by atoms with Gasteiger partial charge in [-0.05, 0) is 61.4 Å². The van der Waals surface area contributed by atoms with Crippen molar-refractivity contribution in [3.05, 3.63) is 52.6 Å². The predicted octanol–water partition coefficient (Wildman–Crippen LogP) is 3.84. The Morgan fingerprint density at radius 1 is 1.07 bits per heavy atom. The summed E-state index contributed by atoms with van der Waals surface area (Å²) in [7, 11) is 1.56. The minimum absolute atomic E-state index is 0.0797. The minimum Gasteiger partial charge on any atom is -0.493 e. The molecule has 0 radical (unpaired) electrons. The minimum atomic E-state index is -0.157. The van der Waals surface area contributed by atoms with Gasteiger partial charge in [0.15, 0.2) is 11.5 Å². The van der Waals surface area contributed by atoms with E-state index < -0.39 is 0 Å². The van der Waals surface area contributed by atoms with Crippen LogP contribution in [0.5, 0.6) is 17.2 Å². The van der Waals surface area contributed by atoms with Gasteiger partial charge in [-0.1, -0.05) is 18.2 Å². The molecule has 2 aromatic carbocycles. The molecule has 5 heteroatoms. The number of hydrogen-bond acceptors (Lipinski definition) is 4. The molecule has 0 spiro atoms. The third kappa shape index (κ3) is 3.59. The molecular formula is C22H25NO4. The lowest BCUT2D eigenvalue weighted by atomic mass is 9.89. The Morgan fingerprint density at radius 3 is 2.67 bits per heavy atom. The van der Waals surface area contributed by atoms with E-state index in [1.807, 2.05) is 6.92 Å². The van der Waals surface area contributed by atoms with Crippen molar-refractivity contribution >= 4 is 5.91 Å². The summed E-state index contributed by atoms with van der Waals surface area (Å²) in [5, 5.41) is 3.09. The van der Waals surface area contributed by atoms with Crippen LogP contribution in [-0.2, 0) is 12.8 Å². The number of carbonyl (C=O) groups is 1. The average Bonchev–Trinajstić information content (AvgIpc) is 2.72. The molecule has 0 fully saturated rings. The monoisotopic (exact) mass is 367 g/mol. The summed E-state index contributed by atoms with van der Waals surface area (Å²) in [4.78, 5) is 12.8. The maximum atomic E-state index is 12.8. The maximum Gasteiger partial charge on any atom is 0.252 e. The van der Waals surface area contributed by atoms with Crippen molar-refractivity contribution in [3.63, 3.8) is 0 Å². The molecule has 1 aliphatic carbocycles. The van der Waals surface area contributed by atoms with Crippen LogP contribution in [0.1, 0.15) is 52.9 Å². The third-order valence-electron chi connectivity index (χ3n) is 5.31. The lowest BCUT2D eigenvalue weighted by Crippen LogP contribution is -2.27. The summed E-state index contributed by atoms with van der Waals surface area (Å²) in [6, 6.07) is 9.90. The highest BCUT2D eigenvalue weighted by molar-refractivity contribution is 5.96. The molecule has 1 aliphatic heterocycles. The normalized spacial score (nSPS) is 16.2. The van der Waals surface area contributed by atoms with Crippen LogP contribution >= 0.6 is 0 Å². The molecule has 27 heavy (non-hydrogen) atoms. The first-order chi connectivity index (χ1) is 13.2. The molecule has 1 atom stereocenters. The summed E-state index contributed by atoms with van der Waals surface area (Å²) in [6.07, 6.45) is 4.80. The second-order valence-corrected chi connectivity index (χ2v) is 7.13. The molecule has 0 aromatic heterocycles. The fraction of sp³-hybridized carbons (Fsp3) is 0.409. The first-order valence-electron chi connectivity index (χ1n) is 9.56. The number of amides is 1. The first kappa shape index (κ1) is 17.7. The van der Waals surface area contributed by atoms with Crippen molar-refractivity contribution in [2.24, 2.45) is 0 Å². The van der Waals surface area contributed by atoms with E-state index in [1.165, 1.54) is 24.0 Å². The van der Waals surface area contributed by atoms with Gasteiger partial charge in [0, 0.05) is 5.56 Å². The maximum absolute atomic E-state index is 12.8. The quantitative estimate of drug-likeness (QED) is 0.892. The number of hydrogen-bond donors (Lipinski definition) is 1. The Bertz CT molecular complexity index is 844. The zero-order valence-electron chi connectivity index (χ0n) is 15.8. The van der Waals surface area contributed by atoms with Gasteiger partial charge in [-0.15, -0.1) is 0 Å². The smallest absolute Gasteiger partial charge is 0.252 e. The molecule has 1 heterocycles. The van der Waals surface area contributed by atoms with Gasteiger partial charge < -0.3 is 19.5 Å². The first-order valence-corrected chi connectivity index (χ1v) is 9.56. The highest BCUT2D eigenvalue weighted by Crippen LogP contribution is 2.40. The van der Waals surface area contributed by atoms with Gasteiger partial charge >= 0.3 is 0 Å². The van der Waals surface area contributed by atoms with E-state index in [9.17, 15) is 4.79 Å². The number of nitrogens with one attached hydrogen (secondary N) is 1. The molecule has 142 valence electrons. The molecule has 5 nitrogen and oxygen atoms in total. The Hall–Kier alpha value is -2.69. The second kappa shape index (κ2) is 7.51. The Kier molecular flexibility index (Phi) is 4.92. The highest BCUT2D eigenvalue weighted by atomic mass is 16.6. The van der Waals surface area contributed by atoms with Crippen LogP contribution in [0.25, 0.3) is 0 Å². The van der Waals surface area contributed by atoms with E-state index >= 15 is 0 Å². The molecular weight excluding hydrogens is 342 g/mol. The molecule has 2 aromatic rings. The number of ether oxygens (including phenoxy) is 3. The predicted molar refractivity (Wildman–Crippen MR) is 103 cm³/mol. The van der Waals surface area contributed by atoms with E-state index in [2.05, 4.69) is 23.5 Å². The number of carbonyl (C=O) groups excluding carboxylic acids is 1. The molecule has 1 N–H and O–H groups in total. The van der Waals surface area contributed by atoms with Crippen molar-refractivity contribution < 1.29 is 19.0 Å². The van der Waals surface area contributed by atoms with E-state index in [0.717, 1.165) is 18.4 Å². The Morgan fingerprint density at radius 2 is 1.85 bits per heavy atom. The number of rotatable bonds is 4. The van der Waals surface area contributed by atoms with Crippen LogP contribution in [0.3, 0.4) is 0 Å². The second-order valence-electron chi connectivity index (χ2n) is 7.13. The lowest BCUT2D eigenvalue weighted by Gasteiger charge is -2.22. The van der Waals surface area contributed by atoms with Crippen LogP contribution in [0.2, 0.25) is 0 Å². The SMILES string of the molecule is COc1cc(C(=O)NC(C)c2ccc3c(c2)CCCC3)cc2c1OCCO2. The lowest BCUT2D eigenvalue weighted by molar-refractivity contribution is 0.0938. The van der Waals surface area contributed by atoms with Crippen LogP contribution in [0, 0.1) is 0 Å². The van der Waals surface area contributed by atoms with Crippen molar-refractivity contribution in [1.29, 1.82) is 0 Å². The van der Waals surface area contributed by atoms with E-state index in [1.54, 1.807) is 19.2 Å². The summed E-state index contributed by atoms with van der Waals surface area (Å²) >= 11 is 0. The molecule has 0 bridgehead atoms. The van der Waals surface area contributed by atoms with E-state index in [4.69, 9.17) is 14.2 Å². The highest BCUT2D eigenvalue weighted by Gasteiger charge is 2.22. The largest absolute Gasteiger partial charge is 0.493 e. The summed E-state index contributed by atoms with van der Waals surface area (Å²) < 4.78 is 16.6. The van der Waals surface area contributed by atoms with Gasteiger partial charge in [0.05, 0.1) is 13.2 Å². The number of benzene rings is 2. The summed E-state index contributed by atoms with van der Waals surface area (Å²) in [5.41, 5.74) is 4.50. The topological polar surface area (TPSA) is 56.8 Å². The summed E-state index contributed by atoms with van der Waals surface area (Å²) in [5.74, 6) is 1.46. The van der Waals surface area contributed by atoms with Gasteiger partial charge in [-0.25, -0.2) is 0 Å². The fourth-order valence-corrected chi connectivity index (χ4v) is 3.79. The van der Waals surface area contributed by atoms with Crippen molar-refractivity contribution in [1.82, 2.24) is 5.32 Å². The van der Waals surface area contributed by atoms with Gasteiger partial charge in [0.25, 0.3) is 5.91 Å². The molecule has 0 saturated carbocycles. The van der Waals surface area contributed by atoms with Gasteiger partial charge in [-0.3, -0.25) is 4.79 Å². The zero-order valence-corrected chi connectivity index (χ0v) is 15.8. The van der Waals surface area contributed by atoms with Crippen LogP contribution in [0.4, 0.5) is 0 Å². The summed E-state index contributed by atoms with van der Waals surface area (Å²) in [6.45, 7) is 2.95. The van der Waals surface area contributed by atoms with Crippen LogP contribution in [-0.4, -0.2) is 26.2 Å². The number of fused-ring (bicyclic) bond motifs is 2. The fourth-order valence-electron chi connectivity index (χ4n) is 3.79. The Balaban J connectivity index is 1.53. The van der Waals surface area contributed by atoms with Crippen LogP contribution in [0.15, 0.2) is 30.3 Å². The average molecular weight is 367 g/mol. The van der Waals surface area contributed by atoms with Gasteiger partial charge in [0.1, 0.15) is 13.2 Å². The molecule has 4 rings (SSSR count). The third-order valence-corrected chi connectivity index (χ3v) is 5.31. The van der Waals surface area contributed by atoms with Crippen molar-refractivity contribution in [2.45, 2.75) is 38.6 Å². The molecule has 1 amide bonds. The molecule has 1 unspecified atom stereocenters. The molecule has 2 aliphatic rings. The zero-order chi connectivity index (χ0) is 18.8. The van der Waals surface area contributed by atoms with Crippen molar-refractivity contribution in [3.8, 4) is 17.2 Å². The van der Waals surface area contributed by atoms with Crippen molar-refractivity contribution in [2.75, 3.05) is 20.3 Å². The van der Waals surface area contributed by atoms with Gasteiger partial charge in [0.2, 0.25) is 5.75 Å². The number of methoxy groups -OCH3 is 1.